The van der Waals surface area contributed by atoms with Crippen LogP contribution in [0, 0.1) is 0 Å². The monoisotopic (exact) mass is 468 g/mol. The van der Waals surface area contributed by atoms with Crippen molar-refractivity contribution in [1.82, 2.24) is 9.80 Å². The van der Waals surface area contributed by atoms with E-state index in [1.54, 1.807) is 0 Å². The molecule has 1 rings (SSSR count). The number of rotatable bonds is 20. The third-order valence-corrected chi connectivity index (χ3v) is 6.74. The van der Waals surface area contributed by atoms with E-state index in [0.29, 0.717) is 19.4 Å². The topological polar surface area (TPSA) is 59.1 Å². The summed E-state index contributed by atoms with van der Waals surface area (Å²) in [6, 6.07) is 0.201. The first kappa shape index (κ1) is 29.9. The van der Waals surface area contributed by atoms with Crippen LogP contribution < -0.4 is 0 Å². The van der Waals surface area contributed by atoms with E-state index in [1.807, 2.05) is 25.9 Å². The fraction of sp³-hybridized carbons (Fsp3) is 0.926. The average Bonchev–Trinajstić information content (AvgIpc) is 3.21. The van der Waals surface area contributed by atoms with Crippen molar-refractivity contribution >= 4 is 11.9 Å². The highest BCUT2D eigenvalue weighted by Gasteiger charge is 2.25. The van der Waals surface area contributed by atoms with E-state index < -0.39 is 0 Å². The lowest BCUT2D eigenvalue weighted by Gasteiger charge is -2.20. The molecule has 0 saturated carbocycles. The number of ether oxygens (including phenoxy) is 2. The molecule has 6 heteroatoms. The van der Waals surface area contributed by atoms with Crippen molar-refractivity contribution < 1.29 is 19.1 Å². The van der Waals surface area contributed by atoms with Crippen LogP contribution in [0.2, 0.25) is 0 Å². The molecule has 33 heavy (non-hydrogen) atoms. The van der Waals surface area contributed by atoms with Gasteiger partial charge in [0.05, 0.1) is 13.0 Å². The fourth-order valence-corrected chi connectivity index (χ4v) is 4.21. The minimum absolute atomic E-state index is 0.0305. The predicted octanol–water partition coefficient (Wildman–Crippen LogP) is 5.58. The molecule has 1 heterocycles. The fourth-order valence-electron chi connectivity index (χ4n) is 4.21. The van der Waals surface area contributed by atoms with Gasteiger partial charge in [-0.3, -0.25) is 14.5 Å². The molecular weight excluding hydrogens is 416 g/mol. The molecule has 194 valence electrons. The predicted molar refractivity (Wildman–Crippen MR) is 135 cm³/mol. The van der Waals surface area contributed by atoms with Crippen molar-refractivity contribution in [2.24, 2.45) is 0 Å². The number of esters is 2. The van der Waals surface area contributed by atoms with Gasteiger partial charge in [0.2, 0.25) is 0 Å². The zero-order valence-corrected chi connectivity index (χ0v) is 22.1. The summed E-state index contributed by atoms with van der Waals surface area (Å²) in [5.74, 6) is -0.140. The van der Waals surface area contributed by atoms with Crippen molar-refractivity contribution in [2.75, 3.05) is 40.3 Å². The third-order valence-electron chi connectivity index (χ3n) is 6.74. The van der Waals surface area contributed by atoms with E-state index in [2.05, 4.69) is 11.8 Å². The Morgan fingerprint density at radius 3 is 2.21 bits per heavy atom. The molecule has 1 fully saturated rings. The molecule has 6 nitrogen and oxygen atoms in total. The SMILES string of the molecule is CCCCCCCCCCCOC(=O)CCCCCN1CCC(OC(=O)CC(C)N(C)C)C1. The van der Waals surface area contributed by atoms with Gasteiger partial charge in [-0.25, -0.2) is 0 Å². The summed E-state index contributed by atoms with van der Waals surface area (Å²) in [5.41, 5.74) is 0. The second kappa shape index (κ2) is 19.2. The summed E-state index contributed by atoms with van der Waals surface area (Å²) < 4.78 is 11.0. The highest BCUT2D eigenvalue weighted by molar-refractivity contribution is 5.70. The Labute approximate surface area is 203 Å². The number of nitrogens with zero attached hydrogens (tertiary/aromatic N) is 2. The molecule has 0 aromatic rings. The highest BCUT2D eigenvalue weighted by Crippen LogP contribution is 2.16. The van der Waals surface area contributed by atoms with Crippen molar-refractivity contribution in [3.8, 4) is 0 Å². The summed E-state index contributed by atoms with van der Waals surface area (Å²) in [5, 5.41) is 0. The van der Waals surface area contributed by atoms with Gasteiger partial charge in [0.1, 0.15) is 6.10 Å². The molecule has 1 aliphatic heterocycles. The molecule has 0 aromatic carbocycles. The van der Waals surface area contributed by atoms with Gasteiger partial charge in [-0.15, -0.1) is 0 Å². The van der Waals surface area contributed by atoms with Crippen LogP contribution in [0.5, 0.6) is 0 Å². The van der Waals surface area contributed by atoms with Gasteiger partial charge in [0.15, 0.2) is 0 Å². The van der Waals surface area contributed by atoms with Gasteiger partial charge in [-0.2, -0.15) is 0 Å². The first-order valence-corrected chi connectivity index (χ1v) is 13.7. The molecule has 0 bridgehead atoms. The smallest absolute Gasteiger partial charge is 0.307 e. The molecule has 0 amide bonds. The van der Waals surface area contributed by atoms with Gasteiger partial charge >= 0.3 is 11.9 Å². The minimum Gasteiger partial charge on any atom is -0.466 e. The molecule has 1 aliphatic rings. The third kappa shape index (κ3) is 16.2. The Morgan fingerprint density at radius 2 is 1.55 bits per heavy atom. The number of carbonyl (C=O) groups excluding carboxylic acids is 2. The molecular formula is C27H52N2O4. The average molecular weight is 469 g/mol. The van der Waals surface area contributed by atoms with Crippen LogP contribution in [0.15, 0.2) is 0 Å². The Bertz CT molecular complexity index is 512. The molecule has 0 N–H and O–H groups in total. The van der Waals surface area contributed by atoms with Crippen LogP contribution in [0.1, 0.15) is 110 Å². The van der Waals surface area contributed by atoms with Gasteiger partial charge in [-0.1, -0.05) is 64.7 Å². The summed E-state index contributed by atoms with van der Waals surface area (Å²) in [4.78, 5) is 28.3. The van der Waals surface area contributed by atoms with E-state index in [0.717, 1.165) is 51.7 Å². The number of hydrogen-bond donors (Lipinski definition) is 0. The Balaban J connectivity index is 1.92. The van der Waals surface area contributed by atoms with Gasteiger partial charge in [0.25, 0.3) is 0 Å². The molecule has 0 aliphatic carbocycles. The zero-order valence-electron chi connectivity index (χ0n) is 22.1. The van der Waals surface area contributed by atoms with Crippen LogP contribution in [0.4, 0.5) is 0 Å². The molecule has 0 spiro atoms. The van der Waals surface area contributed by atoms with Gasteiger partial charge < -0.3 is 14.4 Å². The zero-order chi connectivity index (χ0) is 24.3. The summed E-state index contributed by atoms with van der Waals surface area (Å²) >= 11 is 0. The van der Waals surface area contributed by atoms with Crippen LogP contribution in [-0.2, 0) is 19.1 Å². The Morgan fingerprint density at radius 1 is 0.909 bits per heavy atom. The second-order valence-corrected chi connectivity index (χ2v) is 10.1. The van der Waals surface area contributed by atoms with Gasteiger partial charge in [-0.05, 0) is 53.2 Å². The number of unbranched alkanes of at least 4 members (excludes halogenated alkanes) is 10. The maximum atomic E-state index is 12.1. The lowest BCUT2D eigenvalue weighted by atomic mass is 10.1. The standard InChI is InChI=1S/C27H52N2O4/c1-5-6-7-8-9-10-11-12-16-21-32-26(30)17-14-13-15-19-29-20-18-25(23-29)33-27(31)22-24(2)28(3)4/h24-25H,5-23H2,1-4H3. The van der Waals surface area contributed by atoms with Gasteiger partial charge in [0, 0.05) is 25.6 Å². The van der Waals surface area contributed by atoms with Crippen molar-refractivity contribution in [3.05, 3.63) is 0 Å². The molecule has 0 radical (unpaired) electrons. The van der Waals surface area contributed by atoms with Crippen molar-refractivity contribution in [3.63, 3.8) is 0 Å². The van der Waals surface area contributed by atoms with Crippen LogP contribution in [0.3, 0.4) is 0 Å². The first-order valence-electron chi connectivity index (χ1n) is 13.7. The first-order chi connectivity index (χ1) is 15.9. The minimum atomic E-state index is -0.0935. The summed E-state index contributed by atoms with van der Waals surface area (Å²) in [7, 11) is 3.96. The lowest BCUT2D eigenvalue weighted by molar-refractivity contribution is -0.149. The van der Waals surface area contributed by atoms with E-state index >= 15 is 0 Å². The van der Waals surface area contributed by atoms with E-state index in [-0.39, 0.29) is 24.1 Å². The Kier molecular flexibility index (Phi) is 17.4. The number of likely N-dealkylation sites (tertiary alicyclic amines) is 1. The van der Waals surface area contributed by atoms with Crippen molar-refractivity contribution in [2.45, 2.75) is 122 Å². The summed E-state index contributed by atoms with van der Waals surface area (Å²) in [6.45, 7) is 7.70. The van der Waals surface area contributed by atoms with Crippen LogP contribution in [-0.4, -0.2) is 74.2 Å². The van der Waals surface area contributed by atoms with E-state index in [9.17, 15) is 9.59 Å². The molecule has 0 aromatic heterocycles. The quantitative estimate of drug-likeness (QED) is 0.172. The summed E-state index contributed by atoms with van der Waals surface area (Å²) in [6.07, 6.45) is 16.4. The van der Waals surface area contributed by atoms with Crippen molar-refractivity contribution in [1.29, 1.82) is 0 Å². The maximum absolute atomic E-state index is 12.1. The molecule has 1 saturated heterocycles. The lowest BCUT2D eigenvalue weighted by Crippen LogP contribution is -2.30. The second-order valence-electron chi connectivity index (χ2n) is 10.1. The Hall–Kier alpha value is -1.14. The normalized spacial score (nSPS) is 17.4. The molecule has 2 atom stereocenters. The highest BCUT2D eigenvalue weighted by atomic mass is 16.5. The number of hydrogen-bond acceptors (Lipinski definition) is 6. The van der Waals surface area contributed by atoms with E-state index in [4.69, 9.17) is 9.47 Å². The maximum Gasteiger partial charge on any atom is 0.307 e. The number of carbonyl (C=O) groups is 2. The largest absolute Gasteiger partial charge is 0.466 e. The van der Waals surface area contributed by atoms with Crippen LogP contribution >= 0.6 is 0 Å². The molecule has 2 unspecified atom stereocenters. The van der Waals surface area contributed by atoms with Crippen LogP contribution in [0.25, 0.3) is 0 Å². The van der Waals surface area contributed by atoms with E-state index in [1.165, 1.54) is 51.4 Å².